The molecule has 2 aliphatic rings. The van der Waals surface area contributed by atoms with Crippen molar-refractivity contribution in [2.45, 2.75) is 98.6 Å². The third kappa shape index (κ3) is 8.70. The van der Waals surface area contributed by atoms with Crippen LogP contribution >= 0.6 is 11.9 Å². The molecule has 0 bridgehead atoms. The number of nitrogens with one attached hydrogen (secondary N) is 1. The number of aliphatic imine (C=N–C) groups is 1. The van der Waals surface area contributed by atoms with Gasteiger partial charge in [-0.05, 0) is 83.5 Å². The zero-order chi connectivity index (χ0) is 31.2. The van der Waals surface area contributed by atoms with Gasteiger partial charge in [-0.3, -0.25) is 0 Å². The van der Waals surface area contributed by atoms with Crippen molar-refractivity contribution >= 4 is 35.5 Å². The lowest BCUT2D eigenvalue weighted by atomic mass is 9.81. The summed E-state index contributed by atoms with van der Waals surface area (Å²) < 4.78 is 31.0. The Hall–Kier alpha value is -2.59. The second-order valence-corrected chi connectivity index (χ2v) is 12.8. The standard InChI is InChI=1S/C29H45F2N7S.C2H6/c1-20(35-39-24-19-36(8)37(9)21(24)2)23-11-12-25(34-26(23)38-18-10-15-28(38,5)6)33-17-14-22(32)13-16-27(3,4)29(7,30)31;1-2/h11-12,14,17,19,21,35H,1,10,13,15-16,18,32H2,2-9H3;1-2H3/b22-14-,33-17?;. The van der Waals surface area contributed by atoms with Gasteiger partial charge in [-0.15, -0.1) is 0 Å². The Morgan fingerprint density at radius 2 is 1.93 bits per heavy atom. The van der Waals surface area contributed by atoms with E-state index in [1.807, 2.05) is 33.0 Å². The highest BCUT2D eigenvalue weighted by Gasteiger charge is 2.41. The quantitative estimate of drug-likeness (QED) is 0.202. The molecule has 3 heterocycles. The van der Waals surface area contributed by atoms with Crippen molar-refractivity contribution in [1.82, 2.24) is 19.7 Å². The highest BCUT2D eigenvalue weighted by Crippen LogP contribution is 2.40. The zero-order valence-electron chi connectivity index (χ0n) is 26.7. The lowest BCUT2D eigenvalue weighted by molar-refractivity contribution is -0.0918. The van der Waals surface area contributed by atoms with Crippen LogP contribution in [0, 0.1) is 5.41 Å². The Balaban J connectivity index is 0.00000287. The molecule has 1 fully saturated rings. The minimum Gasteiger partial charge on any atom is -0.402 e. The second kappa shape index (κ2) is 14.1. The number of nitrogens with two attached hydrogens (primary N) is 1. The van der Waals surface area contributed by atoms with Crippen LogP contribution in [0.25, 0.3) is 5.70 Å². The van der Waals surface area contributed by atoms with Crippen LogP contribution in [0.4, 0.5) is 20.4 Å². The largest absolute Gasteiger partial charge is 0.402 e. The fraction of sp³-hybridized carbons (Fsp3) is 0.613. The van der Waals surface area contributed by atoms with E-state index in [0.29, 0.717) is 17.9 Å². The Morgan fingerprint density at radius 3 is 2.46 bits per heavy atom. The van der Waals surface area contributed by atoms with Gasteiger partial charge in [0.15, 0.2) is 5.82 Å². The zero-order valence-corrected chi connectivity index (χ0v) is 27.5. The summed E-state index contributed by atoms with van der Waals surface area (Å²) in [6, 6.07) is 4.14. The van der Waals surface area contributed by atoms with Gasteiger partial charge >= 0.3 is 0 Å². The summed E-state index contributed by atoms with van der Waals surface area (Å²) in [6.07, 6.45) is 8.19. The Kier molecular flexibility index (Phi) is 11.9. The van der Waals surface area contributed by atoms with E-state index in [4.69, 9.17) is 10.7 Å². The average Bonchev–Trinajstić information content (AvgIpc) is 3.38. The molecule has 0 saturated carbocycles. The van der Waals surface area contributed by atoms with Gasteiger partial charge in [-0.25, -0.2) is 23.8 Å². The lowest BCUT2D eigenvalue weighted by Gasteiger charge is -2.34. The maximum atomic E-state index is 13.8. The molecular formula is C31H51F2N7S. The van der Waals surface area contributed by atoms with Gasteiger partial charge in [0.1, 0.15) is 5.82 Å². The fourth-order valence-corrected chi connectivity index (χ4v) is 5.43. The molecule has 0 aliphatic carbocycles. The molecule has 10 heteroatoms. The van der Waals surface area contributed by atoms with Crippen molar-refractivity contribution < 1.29 is 8.78 Å². The van der Waals surface area contributed by atoms with Gasteiger partial charge in [-0.1, -0.05) is 34.3 Å². The van der Waals surface area contributed by atoms with Crippen LogP contribution < -0.4 is 15.4 Å². The van der Waals surface area contributed by atoms with E-state index in [1.54, 1.807) is 38.1 Å². The number of pyridine rings is 1. The minimum absolute atomic E-state index is 0.0378. The molecule has 1 atom stereocenters. The van der Waals surface area contributed by atoms with Crippen LogP contribution in [0.1, 0.15) is 86.6 Å². The van der Waals surface area contributed by atoms with Crippen molar-refractivity contribution in [3.8, 4) is 0 Å². The van der Waals surface area contributed by atoms with Gasteiger partial charge in [0.05, 0.1) is 6.04 Å². The first-order valence-electron chi connectivity index (χ1n) is 14.5. The predicted molar refractivity (Wildman–Crippen MR) is 173 cm³/mol. The van der Waals surface area contributed by atoms with E-state index in [9.17, 15) is 8.78 Å². The summed E-state index contributed by atoms with van der Waals surface area (Å²) in [5.74, 6) is -1.38. The maximum absolute atomic E-state index is 13.8. The van der Waals surface area contributed by atoms with Crippen molar-refractivity contribution in [3.05, 3.63) is 47.2 Å². The topological polar surface area (TPSA) is 73.0 Å². The van der Waals surface area contributed by atoms with Crippen molar-refractivity contribution in [2.24, 2.45) is 16.1 Å². The number of allylic oxidation sites excluding steroid dienone is 2. The van der Waals surface area contributed by atoms with Crippen molar-refractivity contribution in [2.75, 3.05) is 25.5 Å². The van der Waals surface area contributed by atoms with Crippen LogP contribution in [0.2, 0.25) is 0 Å². The Labute approximate surface area is 251 Å². The number of hydrogen-bond acceptors (Lipinski definition) is 8. The average molecular weight is 592 g/mol. The Morgan fingerprint density at radius 1 is 1.27 bits per heavy atom. The van der Waals surface area contributed by atoms with E-state index >= 15 is 0 Å². The summed E-state index contributed by atoms with van der Waals surface area (Å²) in [5.41, 5.74) is 7.14. The number of hydrogen-bond donors (Lipinski definition) is 2. The molecule has 1 unspecified atom stereocenters. The smallest absolute Gasteiger partial charge is 0.250 e. The number of alkyl halides is 2. The van der Waals surface area contributed by atoms with Crippen LogP contribution in [0.5, 0.6) is 0 Å². The highest BCUT2D eigenvalue weighted by molar-refractivity contribution is 8.01. The molecule has 0 aromatic carbocycles. The van der Waals surface area contributed by atoms with Gasteiger partial charge in [0.25, 0.3) is 0 Å². The number of hydrazine groups is 1. The molecule has 41 heavy (non-hydrogen) atoms. The molecule has 230 valence electrons. The molecule has 0 radical (unpaired) electrons. The van der Waals surface area contributed by atoms with Crippen molar-refractivity contribution in [3.63, 3.8) is 0 Å². The second-order valence-electron chi connectivity index (χ2n) is 11.9. The van der Waals surface area contributed by atoms with Crippen molar-refractivity contribution in [1.29, 1.82) is 0 Å². The molecule has 3 rings (SSSR count). The monoisotopic (exact) mass is 591 g/mol. The van der Waals surface area contributed by atoms with Crippen LogP contribution in [-0.4, -0.2) is 59.4 Å². The van der Waals surface area contributed by atoms with Gasteiger partial charge < -0.3 is 20.4 Å². The first kappa shape index (κ1) is 34.6. The molecule has 1 aromatic heterocycles. The molecule has 2 aliphatic heterocycles. The van der Waals surface area contributed by atoms with Crippen LogP contribution in [-0.2, 0) is 0 Å². The Bertz CT molecular complexity index is 1140. The van der Waals surface area contributed by atoms with Gasteiger partial charge in [0.2, 0.25) is 5.92 Å². The number of rotatable bonds is 11. The number of halogens is 2. The first-order valence-corrected chi connectivity index (χ1v) is 15.3. The maximum Gasteiger partial charge on any atom is 0.250 e. The number of nitrogens with zero attached hydrogens (tertiary/aromatic N) is 5. The molecule has 0 spiro atoms. The van der Waals surface area contributed by atoms with E-state index in [-0.39, 0.29) is 18.0 Å². The first-order chi connectivity index (χ1) is 19.0. The number of anilines is 1. The summed E-state index contributed by atoms with van der Waals surface area (Å²) in [5, 5.41) is 4.24. The lowest BCUT2D eigenvalue weighted by Crippen LogP contribution is -2.39. The third-order valence-corrected chi connectivity index (χ3v) is 9.17. The molecular weight excluding hydrogens is 540 g/mol. The predicted octanol–water partition coefficient (Wildman–Crippen LogP) is 7.72. The molecule has 1 aromatic rings. The summed E-state index contributed by atoms with van der Waals surface area (Å²) >= 11 is 1.57. The fourth-order valence-electron chi connectivity index (χ4n) is 4.55. The SMILES string of the molecule is C=C(NSC1=CN(C)N(C)C1C)c1ccc(N=C/C=C(\N)CCC(C)(C)C(C)(F)F)nc1N1CCCC1(C)C.CC. The van der Waals surface area contributed by atoms with E-state index in [1.165, 1.54) is 4.91 Å². The van der Waals surface area contributed by atoms with Gasteiger partial charge in [-0.2, -0.15) is 0 Å². The van der Waals surface area contributed by atoms with E-state index < -0.39 is 11.3 Å². The molecule has 3 N–H and O–H groups in total. The number of aromatic nitrogens is 1. The molecule has 0 amide bonds. The van der Waals surface area contributed by atoms with Crippen LogP contribution in [0.3, 0.4) is 0 Å². The summed E-state index contributed by atoms with van der Waals surface area (Å²) in [4.78, 5) is 13.0. The molecule has 7 nitrogen and oxygen atoms in total. The normalized spacial score (nSPS) is 19.9. The summed E-state index contributed by atoms with van der Waals surface area (Å²) in [6.45, 7) is 19.9. The van der Waals surface area contributed by atoms with Gasteiger partial charge in [0, 0.05) is 65.9 Å². The third-order valence-electron chi connectivity index (χ3n) is 8.14. The van der Waals surface area contributed by atoms with E-state index in [0.717, 1.165) is 43.4 Å². The van der Waals surface area contributed by atoms with Crippen LogP contribution in [0.15, 0.2) is 46.6 Å². The minimum atomic E-state index is -2.77. The molecule has 1 saturated heterocycles. The van der Waals surface area contributed by atoms with E-state index in [2.05, 4.69) is 65.2 Å². The summed E-state index contributed by atoms with van der Waals surface area (Å²) in [7, 11) is 4.09. The number of likely N-dealkylation sites (N-methyl/N-ethyl adjacent to an activating group) is 1. The highest BCUT2D eigenvalue weighted by atomic mass is 32.2.